The molecule has 2 heterocycles. The molecule has 166 valence electrons. The minimum atomic E-state index is 0.0508. The molecule has 1 saturated carbocycles. The van der Waals surface area contributed by atoms with Crippen LogP contribution in [0.3, 0.4) is 0 Å². The Balaban J connectivity index is 1.25. The van der Waals surface area contributed by atoms with Crippen molar-refractivity contribution in [1.82, 2.24) is 9.80 Å². The quantitative estimate of drug-likeness (QED) is 0.723. The van der Waals surface area contributed by atoms with Crippen molar-refractivity contribution in [2.45, 2.75) is 62.6 Å². The van der Waals surface area contributed by atoms with Gasteiger partial charge in [0, 0.05) is 25.7 Å². The zero-order valence-electron chi connectivity index (χ0n) is 18.6. The van der Waals surface area contributed by atoms with Crippen LogP contribution < -0.4 is 4.74 Å². The summed E-state index contributed by atoms with van der Waals surface area (Å²) in [6, 6.07) is 14.8. The summed E-state index contributed by atoms with van der Waals surface area (Å²) in [6.45, 7) is 3.27. The Morgan fingerprint density at radius 1 is 1.13 bits per heavy atom. The van der Waals surface area contributed by atoms with Crippen LogP contribution in [0.2, 0.25) is 0 Å². The summed E-state index contributed by atoms with van der Waals surface area (Å²) in [6.07, 6.45) is 8.00. The number of nitrogens with zero attached hydrogens (tertiary/aromatic N) is 2. The third-order valence-corrected chi connectivity index (χ3v) is 7.69. The summed E-state index contributed by atoms with van der Waals surface area (Å²) in [5.74, 6) is 0.809. The summed E-state index contributed by atoms with van der Waals surface area (Å²) >= 11 is 0. The fourth-order valence-corrected chi connectivity index (χ4v) is 5.92. The van der Waals surface area contributed by atoms with Crippen molar-refractivity contribution in [3.8, 4) is 5.75 Å². The van der Waals surface area contributed by atoms with E-state index in [0.717, 1.165) is 50.1 Å². The SMILES string of the molecule is CN(C(=O)COc1ccc2ccccc2c1)[C@@H]1CC[C@@]2(CCCO2)C[C@H]1N1CCCC1. The van der Waals surface area contributed by atoms with Gasteiger partial charge < -0.3 is 14.4 Å². The molecule has 2 aromatic carbocycles. The van der Waals surface area contributed by atoms with Crippen LogP contribution in [0.4, 0.5) is 0 Å². The maximum Gasteiger partial charge on any atom is 0.260 e. The van der Waals surface area contributed by atoms with Gasteiger partial charge in [-0.25, -0.2) is 0 Å². The smallest absolute Gasteiger partial charge is 0.260 e. The minimum Gasteiger partial charge on any atom is -0.484 e. The van der Waals surface area contributed by atoms with Crippen LogP contribution in [0.15, 0.2) is 42.5 Å². The van der Waals surface area contributed by atoms with Crippen molar-refractivity contribution >= 4 is 16.7 Å². The van der Waals surface area contributed by atoms with Gasteiger partial charge in [-0.05, 0) is 80.9 Å². The van der Waals surface area contributed by atoms with Gasteiger partial charge in [0.25, 0.3) is 5.91 Å². The highest BCUT2D eigenvalue weighted by molar-refractivity contribution is 5.84. The maximum atomic E-state index is 13.1. The fraction of sp³-hybridized carbons (Fsp3) is 0.577. The number of amides is 1. The molecular formula is C26H34N2O3. The van der Waals surface area contributed by atoms with Crippen molar-refractivity contribution in [3.63, 3.8) is 0 Å². The Kier molecular flexibility index (Phi) is 5.89. The molecule has 0 N–H and O–H groups in total. The van der Waals surface area contributed by atoms with Gasteiger partial charge in [0.2, 0.25) is 0 Å². The first kappa shape index (κ1) is 20.8. The first-order valence-corrected chi connectivity index (χ1v) is 11.9. The van der Waals surface area contributed by atoms with Crippen LogP contribution in [0.1, 0.15) is 44.9 Å². The Bertz CT molecular complexity index is 918. The van der Waals surface area contributed by atoms with Gasteiger partial charge in [-0.3, -0.25) is 9.69 Å². The third kappa shape index (κ3) is 4.31. The van der Waals surface area contributed by atoms with E-state index < -0.39 is 0 Å². The molecule has 2 aromatic rings. The van der Waals surface area contributed by atoms with E-state index in [4.69, 9.17) is 9.47 Å². The Morgan fingerprint density at radius 3 is 2.71 bits per heavy atom. The van der Waals surface area contributed by atoms with E-state index in [0.29, 0.717) is 6.04 Å². The number of likely N-dealkylation sites (tertiary alicyclic amines) is 1. The monoisotopic (exact) mass is 422 g/mol. The molecule has 3 atom stereocenters. The summed E-state index contributed by atoms with van der Waals surface area (Å²) in [5.41, 5.74) is 0.0508. The lowest BCUT2D eigenvalue weighted by atomic mass is 9.76. The van der Waals surface area contributed by atoms with E-state index in [1.165, 1.54) is 31.1 Å². The summed E-state index contributed by atoms with van der Waals surface area (Å²) in [4.78, 5) is 17.7. The van der Waals surface area contributed by atoms with E-state index in [1.807, 2.05) is 42.3 Å². The van der Waals surface area contributed by atoms with E-state index >= 15 is 0 Å². The van der Waals surface area contributed by atoms with Gasteiger partial charge >= 0.3 is 0 Å². The standard InChI is InChI=1S/C26H34N2O3/c1-27(25(29)19-30-22-10-9-20-7-2-3-8-21(20)17-22)23-11-13-26(12-6-16-31-26)18-24(23)28-14-4-5-15-28/h2-3,7-10,17,23-24H,4-6,11-16,18-19H2,1H3/t23-,24-,26+/m1/s1. The highest BCUT2D eigenvalue weighted by Crippen LogP contribution is 2.42. The lowest BCUT2D eigenvalue weighted by molar-refractivity contribution is -0.139. The molecule has 0 aromatic heterocycles. The first-order valence-electron chi connectivity index (χ1n) is 11.9. The van der Waals surface area contributed by atoms with Crippen LogP contribution in [0.25, 0.3) is 10.8 Å². The topological polar surface area (TPSA) is 42.0 Å². The second-order valence-corrected chi connectivity index (χ2v) is 9.56. The summed E-state index contributed by atoms with van der Waals surface area (Å²) < 4.78 is 12.2. The Hall–Kier alpha value is -2.11. The zero-order chi connectivity index (χ0) is 21.3. The number of likely N-dealkylation sites (N-methyl/N-ethyl adjacent to an activating group) is 1. The second kappa shape index (κ2) is 8.79. The molecule has 1 amide bonds. The fourth-order valence-electron chi connectivity index (χ4n) is 5.92. The second-order valence-electron chi connectivity index (χ2n) is 9.56. The molecule has 31 heavy (non-hydrogen) atoms. The average Bonchev–Trinajstić information content (AvgIpc) is 3.50. The van der Waals surface area contributed by atoms with Crippen molar-refractivity contribution < 1.29 is 14.3 Å². The first-order chi connectivity index (χ1) is 15.1. The van der Waals surface area contributed by atoms with E-state index in [1.54, 1.807) is 0 Å². The van der Waals surface area contributed by atoms with E-state index in [-0.39, 0.29) is 24.2 Å². The molecule has 2 saturated heterocycles. The highest BCUT2D eigenvalue weighted by Gasteiger charge is 2.47. The molecular weight excluding hydrogens is 388 g/mol. The molecule has 3 fully saturated rings. The number of rotatable bonds is 5. The number of hydrogen-bond acceptors (Lipinski definition) is 4. The molecule has 1 spiro atoms. The predicted molar refractivity (Wildman–Crippen MR) is 122 cm³/mol. The molecule has 5 rings (SSSR count). The van der Waals surface area contributed by atoms with Crippen LogP contribution in [-0.4, -0.2) is 66.7 Å². The summed E-state index contributed by atoms with van der Waals surface area (Å²) in [7, 11) is 1.97. The Morgan fingerprint density at radius 2 is 1.94 bits per heavy atom. The molecule has 5 nitrogen and oxygen atoms in total. The van der Waals surface area contributed by atoms with Crippen LogP contribution in [0, 0.1) is 0 Å². The molecule has 0 bridgehead atoms. The largest absolute Gasteiger partial charge is 0.484 e. The van der Waals surface area contributed by atoms with Gasteiger partial charge in [-0.2, -0.15) is 0 Å². The van der Waals surface area contributed by atoms with Crippen molar-refractivity contribution in [2.75, 3.05) is 33.4 Å². The highest BCUT2D eigenvalue weighted by atomic mass is 16.5. The zero-order valence-corrected chi connectivity index (χ0v) is 18.6. The molecule has 3 aliphatic rings. The molecule has 0 unspecified atom stereocenters. The van der Waals surface area contributed by atoms with E-state index in [2.05, 4.69) is 17.0 Å². The Labute approximate surface area is 185 Å². The van der Waals surface area contributed by atoms with Gasteiger partial charge in [0.05, 0.1) is 5.60 Å². The van der Waals surface area contributed by atoms with Crippen LogP contribution in [-0.2, 0) is 9.53 Å². The van der Waals surface area contributed by atoms with Gasteiger partial charge in [0.1, 0.15) is 5.75 Å². The van der Waals surface area contributed by atoms with Crippen molar-refractivity contribution in [2.24, 2.45) is 0 Å². The average molecular weight is 423 g/mol. The summed E-state index contributed by atoms with van der Waals surface area (Å²) in [5, 5.41) is 2.31. The molecule has 0 radical (unpaired) electrons. The molecule has 1 aliphatic carbocycles. The number of carbonyl (C=O) groups is 1. The van der Waals surface area contributed by atoms with Crippen molar-refractivity contribution in [3.05, 3.63) is 42.5 Å². The lowest BCUT2D eigenvalue weighted by Crippen LogP contribution is -2.58. The van der Waals surface area contributed by atoms with E-state index in [9.17, 15) is 4.79 Å². The van der Waals surface area contributed by atoms with Crippen molar-refractivity contribution in [1.29, 1.82) is 0 Å². The molecule has 2 aliphatic heterocycles. The number of hydrogen-bond donors (Lipinski definition) is 0. The predicted octanol–water partition coefficient (Wildman–Crippen LogP) is 4.24. The lowest BCUT2D eigenvalue weighted by Gasteiger charge is -2.48. The molecule has 5 heteroatoms. The third-order valence-electron chi connectivity index (χ3n) is 7.69. The number of fused-ring (bicyclic) bond motifs is 1. The number of benzene rings is 2. The van der Waals surface area contributed by atoms with Crippen LogP contribution >= 0.6 is 0 Å². The van der Waals surface area contributed by atoms with Gasteiger partial charge in [-0.1, -0.05) is 30.3 Å². The van der Waals surface area contributed by atoms with Gasteiger partial charge in [-0.15, -0.1) is 0 Å². The maximum absolute atomic E-state index is 13.1. The minimum absolute atomic E-state index is 0.0508. The normalized spacial score (nSPS) is 28.9. The number of ether oxygens (including phenoxy) is 2. The van der Waals surface area contributed by atoms with Gasteiger partial charge in [0.15, 0.2) is 6.61 Å². The number of carbonyl (C=O) groups excluding carboxylic acids is 1. The van der Waals surface area contributed by atoms with Crippen LogP contribution in [0.5, 0.6) is 5.75 Å².